The van der Waals surface area contributed by atoms with Gasteiger partial charge in [-0.05, 0) is 17.5 Å². The molecule has 0 aliphatic carbocycles. The summed E-state index contributed by atoms with van der Waals surface area (Å²) in [5, 5.41) is 4.25. The number of aromatic nitrogens is 1. The molecule has 1 unspecified atom stereocenters. The Morgan fingerprint density at radius 1 is 1.53 bits per heavy atom. The monoisotopic (exact) mass is 251 g/mol. The maximum Gasteiger partial charge on any atom is 0.246 e. The minimum absolute atomic E-state index is 0.0806. The highest BCUT2D eigenvalue weighted by molar-refractivity contribution is 7.10. The third-order valence-corrected chi connectivity index (χ3v) is 3.12. The van der Waals surface area contributed by atoms with Crippen LogP contribution in [-0.2, 0) is 4.79 Å². The van der Waals surface area contributed by atoms with E-state index in [0.717, 1.165) is 11.1 Å². The Hall–Kier alpha value is -1.79. The lowest BCUT2D eigenvalue weighted by atomic mass is 10.2. The van der Waals surface area contributed by atoms with Crippen LogP contribution < -0.4 is 11.1 Å². The lowest BCUT2D eigenvalue weighted by Gasteiger charge is -2.10. The van der Waals surface area contributed by atoms with Crippen LogP contribution in [0.25, 0.3) is 0 Å². The molecule has 0 aliphatic heterocycles. The van der Waals surface area contributed by atoms with Gasteiger partial charge >= 0.3 is 0 Å². The first-order valence-electron chi connectivity index (χ1n) is 4.88. The number of carbonyl (C=O) groups excluding carboxylic acids is 1. The van der Waals surface area contributed by atoms with E-state index in [9.17, 15) is 9.18 Å². The van der Waals surface area contributed by atoms with Gasteiger partial charge in [0.2, 0.25) is 5.91 Å². The fourth-order valence-corrected chi connectivity index (χ4v) is 2.01. The number of nitrogens with one attached hydrogen (secondary N) is 1. The highest BCUT2D eigenvalue weighted by Crippen LogP contribution is 2.19. The van der Waals surface area contributed by atoms with E-state index in [1.165, 1.54) is 23.6 Å². The zero-order valence-corrected chi connectivity index (χ0v) is 9.58. The molecule has 6 heteroatoms. The van der Waals surface area contributed by atoms with E-state index < -0.39 is 17.8 Å². The van der Waals surface area contributed by atoms with Crippen LogP contribution in [0.3, 0.4) is 0 Å². The van der Waals surface area contributed by atoms with Crippen molar-refractivity contribution in [2.45, 2.75) is 6.04 Å². The number of carbonyl (C=O) groups is 1. The standard InChI is InChI=1S/C11H10FN3OS/c12-7-6-14-4-3-8(7)15-11(16)10(13)9-2-1-5-17-9/h1-6,10H,13H2,(H,14,15,16). The molecule has 0 radical (unpaired) electrons. The van der Waals surface area contributed by atoms with Gasteiger partial charge in [0.05, 0.1) is 11.9 Å². The fraction of sp³-hybridized carbons (Fsp3) is 0.0909. The van der Waals surface area contributed by atoms with Crippen LogP contribution in [0.2, 0.25) is 0 Å². The maximum absolute atomic E-state index is 13.2. The number of halogens is 1. The van der Waals surface area contributed by atoms with Crippen LogP contribution in [0.4, 0.5) is 10.1 Å². The van der Waals surface area contributed by atoms with Gasteiger partial charge in [0.15, 0.2) is 5.82 Å². The topological polar surface area (TPSA) is 68.0 Å². The second-order valence-corrected chi connectivity index (χ2v) is 4.32. The zero-order valence-electron chi connectivity index (χ0n) is 8.76. The van der Waals surface area contributed by atoms with Crippen molar-refractivity contribution in [2.75, 3.05) is 5.32 Å². The van der Waals surface area contributed by atoms with Crippen LogP contribution in [0, 0.1) is 5.82 Å². The lowest BCUT2D eigenvalue weighted by molar-refractivity contribution is -0.117. The molecule has 2 aromatic rings. The molecular formula is C11H10FN3OS. The molecule has 0 aromatic carbocycles. The molecule has 0 saturated heterocycles. The molecule has 0 bridgehead atoms. The van der Waals surface area contributed by atoms with Gasteiger partial charge < -0.3 is 11.1 Å². The number of thiophene rings is 1. The van der Waals surface area contributed by atoms with Gasteiger partial charge in [0.1, 0.15) is 6.04 Å². The van der Waals surface area contributed by atoms with Gasteiger partial charge in [-0.25, -0.2) is 4.39 Å². The second kappa shape index (κ2) is 5.03. The van der Waals surface area contributed by atoms with E-state index in [1.54, 1.807) is 12.1 Å². The van der Waals surface area contributed by atoms with Gasteiger partial charge in [-0.15, -0.1) is 11.3 Å². The van der Waals surface area contributed by atoms with Gasteiger partial charge in [-0.3, -0.25) is 9.78 Å². The first-order valence-corrected chi connectivity index (χ1v) is 5.76. The Morgan fingerprint density at radius 2 is 2.35 bits per heavy atom. The Morgan fingerprint density at radius 3 is 3.00 bits per heavy atom. The van der Waals surface area contributed by atoms with Crippen molar-refractivity contribution in [1.29, 1.82) is 0 Å². The summed E-state index contributed by atoms with van der Waals surface area (Å²) in [6.45, 7) is 0. The van der Waals surface area contributed by atoms with E-state index >= 15 is 0 Å². The Kier molecular flexibility index (Phi) is 3.46. The predicted octanol–water partition coefficient (Wildman–Crippen LogP) is 1.92. The summed E-state index contributed by atoms with van der Waals surface area (Å²) in [7, 11) is 0. The van der Waals surface area contributed by atoms with Crippen molar-refractivity contribution in [3.63, 3.8) is 0 Å². The summed E-state index contributed by atoms with van der Waals surface area (Å²) in [6, 6.07) is 4.16. The molecule has 0 aliphatic rings. The third kappa shape index (κ3) is 2.66. The first kappa shape index (κ1) is 11.7. The number of hydrogen-bond acceptors (Lipinski definition) is 4. The van der Waals surface area contributed by atoms with Gasteiger partial charge in [-0.2, -0.15) is 0 Å². The van der Waals surface area contributed by atoms with Crippen molar-refractivity contribution in [3.8, 4) is 0 Å². The molecule has 0 fully saturated rings. The fourth-order valence-electron chi connectivity index (χ4n) is 1.28. The molecule has 0 spiro atoms. The molecular weight excluding hydrogens is 241 g/mol. The Labute approximate surface area is 101 Å². The van der Waals surface area contributed by atoms with Crippen LogP contribution in [-0.4, -0.2) is 10.9 Å². The number of rotatable bonds is 3. The van der Waals surface area contributed by atoms with Crippen molar-refractivity contribution < 1.29 is 9.18 Å². The molecule has 1 amide bonds. The van der Waals surface area contributed by atoms with Gasteiger partial charge in [0, 0.05) is 11.1 Å². The van der Waals surface area contributed by atoms with Crippen molar-refractivity contribution in [3.05, 3.63) is 46.7 Å². The summed E-state index contributed by atoms with van der Waals surface area (Å²) < 4.78 is 13.2. The minimum atomic E-state index is -0.789. The SMILES string of the molecule is NC(C(=O)Nc1ccncc1F)c1cccs1. The van der Waals surface area contributed by atoms with Crippen molar-refractivity contribution in [1.82, 2.24) is 4.98 Å². The molecule has 2 heterocycles. The molecule has 17 heavy (non-hydrogen) atoms. The quantitative estimate of drug-likeness (QED) is 0.875. The van der Waals surface area contributed by atoms with Crippen LogP contribution in [0.5, 0.6) is 0 Å². The number of amides is 1. The molecule has 0 saturated carbocycles. The van der Waals surface area contributed by atoms with E-state index in [4.69, 9.17) is 5.73 Å². The molecule has 3 N–H and O–H groups in total. The number of pyridine rings is 1. The largest absolute Gasteiger partial charge is 0.322 e. The van der Waals surface area contributed by atoms with Gasteiger partial charge in [0.25, 0.3) is 0 Å². The molecule has 4 nitrogen and oxygen atoms in total. The third-order valence-electron chi connectivity index (χ3n) is 2.16. The van der Waals surface area contributed by atoms with Gasteiger partial charge in [-0.1, -0.05) is 6.07 Å². The average molecular weight is 251 g/mol. The number of anilines is 1. The highest BCUT2D eigenvalue weighted by atomic mass is 32.1. The summed E-state index contributed by atoms with van der Waals surface area (Å²) in [5.74, 6) is -1.03. The summed E-state index contributed by atoms with van der Waals surface area (Å²) in [4.78, 5) is 16.1. The molecule has 1 atom stereocenters. The highest BCUT2D eigenvalue weighted by Gasteiger charge is 2.17. The van der Waals surface area contributed by atoms with E-state index in [-0.39, 0.29) is 5.69 Å². The summed E-state index contributed by atoms with van der Waals surface area (Å²) in [5.41, 5.74) is 5.82. The van der Waals surface area contributed by atoms with Crippen LogP contribution in [0.15, 0.2) is 36.0 Å². The average Bonchev–Trinajstić information content (AvgIpc) is 2.84. The number of nitrogens with zero attached hydrogens (tertiary/aromatic N) is 1. The zero-order chi connectivity index (χ0) is 12.3. The summed E-state index contributed by atoms with van der Waals surface area (Å²) in [6.07, 6.45) is 2.43. The van der Waals surface area contributed by atoms with Crippen LogP contribution in [0.1, 0.15) is 10.9 Å². The number of nitrogens with two attached hydrogens (primary N) is 1. The van der Waals surface area contributed by atoms with E-state index in [0.29, 0.717) is 0 Å². The minimum Gasteiger partial charge on any atom is -0.322 e. The summed E-state index contributed by atoms with van der Waals surface area (Å²) >= 11 is 1.38. The van der Waals surface area contributed by atoms with Crippen molar-refractivity contribution >= 4 is 22.9 Å². The lowest BCUT2D eigenvalue weighted by Crippen LogP contribution is -2.27. The molecule has 88 valence electrons. The second-order valence-electron chi connectivity index (χ2n) is 3.34. The molecule has 2 aromatic heterocycles. The van der Waals surface area contributed by atoms with E-state index in [1.807, 2.05) is 5.38 Å². The van der Waals surface area contributed by atoms with Crippen LogP contribution >= 0.6 is 11.3 Å². The maximum atomic E-state index is 13.2. The Balaban J connectivity index is 2.10. The van der Waals surface area contributed by atoms with E-state index in [2.05, 4.69) is 10.3 Å². The van der Waals surface area contributed by atoms with Crippen molar-refractivity contribution in [2.24, 2.45) is 5.73 Å². The smallest absolute Gasteiger partial charge is 0.246 e. The molecule has 2 rings (SSSR count). The number of hydrogen-bond donors (Lipinski definition) is 2. The normalized spacial score (nSPS) is 12.1. The first-order chi connectivity index (χ1) is 8.18. The predicted molar refractivity (Wildman–Crippen MR) is 64.1 cm³/mol. The Bertz CT molecular complexity index is 515.